The second kappa shape index (κ2) is 6.49. The molecule has 1 saturated carbocycles. The average molecular weight is 285 g/mol. The molecule has 100 valence electrons. The van der Waals surface area contributed by atoms with Gasteiger partial charge in [-0.05, 0) is 31.8 Å². The van der Waals surface area contributed by atoms with Crippen LogP contribution < -0.4 is 16.6 Å². The van der Waals surface area contributed by atoms with Crippen LogP contribution in [0, 0.1) is 0 Å². The molecule has 0 amide bonds. The van der Waals surface area contributed by atoms with Gasteiger partial charge in [-0.2, -0.15) is 11.8 Å². The smallest absolute Gasteiger partial charge is 0.191 e. The highest BCUT2D eigenvalue weighted by Crippen LogP contribution is 2.30. The van der Waals surface area contributed by atoms with Gasteiger partial charge in [-0.3, -0.25) is 0 Å². The Bertz CT molecular complexity index is 379. The normalized spacial score (nSPS) is 23.1. The Balaban J connectivity index is 2.04. The van der Waals surface area contributed by atoms with Crippen molar-refractivity contribution in [1.82, 2.24) is 9.97 Å². The van der Waals surface area contributed by atoms with Gasteiger partial charge in [-0.15, -0.1) is 0 Å². The number of rotatable bonds is 5. The molecule has 2 atom stereocenters. The van der Waals surface area contributed by atoms with Crippen molar-refractivity contribution in [2.24, 2.45) is 5.84 Å². The molecule has 0 aliphatic heterocycles. The molecule has 0 saturated heterocycles. The molecule has 1 aromatic heterocycles. The maximum atomic E-state index is 5.41. The van der Waals surface area contributed by atoms with E-state index in [1.54, 1.807) is 0 Å². The highest BCUT2D eigenvalue weighted by atomic mass is 32.2. The van der Waals surface area contributed by atoms with Crippen LogP contribution in [0.4, 0.5) is 11.6 Å². The molecule has 5 nitrogen and oxygen atoms in total. The van der Waals surface area contributed by atoms with Crippen LogP contribution >= 0.6 is 23.5 Å². The Morgan fingerprint density at radius 2 is 2.06 bits per heavy atom. The van der Waals surface area contributed by atoms with Crippen molar-refractivity contribution in [3.8, 4) is 0 Å². The topological polar surface area (TPSA) is 75.9 Å². The maximum Gasteiger partial charge on any atom is 0.191 e. The van der Waals surface area contributed by atoms with Crippen LogP contribution in [0.5, 0.6) is 0 Å². The van der Waals surface area contributed by atoms with Crippen molar-refractivity contribution < 1.29 is 0 Å². The van der Waals surface area contributed by atoms with Crippen LogP contribution in [0.2, 0.25) is 0 Å². The van der Waals surface area contributed by atoms with E-state index in [1.807, 2.05) is 24.1 Å². The molecular weight excluding hydrogens is 266 g/mol. The van der Waals surface area contributed by atoms with Gasteiger partial charge in [0.05, 0.1) is 0 Å². The summed E-state index contributed by atoms with van der Waals surface area (Å²) in [4.78, 5) is 8.70. The molecular formula is C11H19N5S2. The Kier molecular flexibility index (Phi) is 4.96. The van der Waals surface area contributed by atoms with E-state index in [-0.39, 0.29) is 0 Å². The number of nitrogens with two attached hydrogens (primary N) is 1. The second-order valence-electron chi connectivity index (χ2n) is 4.28. The van der Waals surface area contributed by atoms with Crippen molar-refractivity contribution in [3.05, 3.63) is 6.07 Å². The number of anilines is 2. The summed E-state index contributed by atoms with van der Waals surface area (Å²) >= 11 is 3.47. The summed E-state index contributed by atoms with van der Waals surface area (Å²) in [6, 6.07) is 2.37. The predicted molar refractivity (Wildman–Crippen MR) is 80.2 cm³/mol. The monoisotopic (exact) mass is 285 g/mol. The van der Waals surface area contributed by atoms with E-state index in [4.69, 9.17) is 5.84 Å². The van der Waals surface area contributed by atoms with Crippen molar-refractivity contribution in [2.45, 2.75) is 35.7 Å². The molecule has 0 bridgehead atoms. The number of aromatic nitrogens is 2. The minimum atomic E-state index is 0.512. The summed E-state index contributed by atoms with van der Waals surface area (Å²) in [5, 5.41) is 4.98. The fourth-order valence-electron chi connectivity index (χ4n) is 2.16. The first kappa shape index (κ1) is 13.8. The van der Waals surface area contributed by atoms with Crippen LogP contribution in [0.1, 0.15) is 19.3 Å². The Hall–Kier alpha value is -0.660. The van der Waals surface area contributed by atoms with Crippen LogP contribution in [0.15, 0.2) is 11.2 Å². The SMILES string of the molecule is CSc1nc(NN)cc(NC2CCC(SC)C2)n1. The van der Waals surface area contributed by atoms with Gasteiger partial charge in [0.2, 0.25) is 0 Å². The van der Waals surface area contributed by atoms with E-state index in [0.29, 0.717) is 11.9 Å². The second-order valence-corrected chi connectivity index (χ2v) is 6.19. The molecule has 1 aliphatic rings. The van der Waals surface area contributed by atoms with Gasteiger partial charge in [0.15, 0.2) is 5.16 Å². The van der Waals surface area contributed by atoms with Gasteiger partial charge in [-0.25, -0.2) is 15.8 Å². The van der Waals surface area contributed by atoms with Gasteiger partial charge in [0, 0.05) is 17.4 Å². The zero-order valence-electron chi connectivity index (χ0n) is 10.6. The standard InChI is InChI=1S/C11H19N5S2/c1-17-8-4-3-7(5-8)13-9-6-10(16-12)15-11(14-9)18-2/h6-8H,3-5,12H2,1-2H3,(H2,13,14,15,16). The van der Waals surface area contributed by atoms with Gasteiger partial charge < -0.3 is 10.7 Å². The van der Waals surface area contributed by atoms with Crippen LogP contribution in [0.3, 0.4) is 0 Å². The van der Waals surface area contributed by atoms with Gasteiger partial charge in [-0.1, -0.05) is 11.8 Å². The molecule has 2 unspecified atom stereocenters. The molecule has 0 radical (unpaired) electrons. The van der Waals surface area contributed by atoms with Gasteiger partial charge >= 0.3 is 0 Å². The third kappa shape index (κ3) is 3.43. The molecule has 1 heterocycles. The summed E-state index contributed by atoms with van der Waals surface area (Å²) in [5.74, 6) is 6.92. The van der Waals surface area contributed by atoms with E-state index in [9.17, 15) is 0 Å². The largest absolute Gasteiger partial charge is 0.367 e. The first-order valence-electron chi connectivity index (χ1n) is 5.94. The van der Waals surface area contributed by atoms with Gasteiger partial charge in [0.1, 0.15) is 11.6 Å². The lowest BCUT2D eigenvalue weighted by atomic mass is 10.2. The molecule has 1 fully saturated rings. The third-order valence-corrected chi connectivity index (χ3v) is 4.75. The zero-order valence-corrected chi connectivity index (χ0v) is 12.3. The fraction of sp³-hybridized carbons (Fsp3) is 0.636. The summed E-state index contributed by atoms with van der Waals surface area (Å²) < 4.78 is 0. The zero-order chi connectivity index (χ0) is 13.0. The van der Waals surface area contributed by atoms with E-state index in [1.165, 1.54) is 31.0 Å². The Labute approximate surface area is 116 Å². The quantitative estimate of drug-likeness (QED) is 0.331. The minimum Gasteiger partial charge on any atom is -0.367 e. The van der Waals surface area contributed by atoms with Crippen LogP contribution in [-0.2, 0) is 0 Å². The van der Waals surface area contributed by atoms with E-state index in [0.717, 1.165) is 16.2 Å². The van der Waals surface area contributed by atoms with E-state index in [2.05, 4.69) is 27.0 Å². The first-order valence-corrected chi connectivity index (χ1v) is 8.45. The average Bonchev–Trinajstić information content (AvgIpc) is 2.85. The van der Waals surface area contributed by atoms with Crippen molar-refractivity contribution in [3.63, 3.8) is 0 Å². The molecule has 7 heteroatoms. The number of nitrogens with zero attached hydrogens (tertiary/aromatic N) is 2. The number of hydrogen-bond donors (Lipinski definition) is 3. The molecule has 0 spiro atoms. The molecule has 4 N–H and O–H groups in total. The lowest BCUT2D eigenvalue weighted by Crippen LogP contribution is -2.18. The number of nitrogen functional groups attached to an aromatic ring is 1. The summed E-state index contributed by atoms with van der Waals surface area (Å²) in [6.07, 6.45) is 7.82. The number of nitrogens with one attached hydrogen (secondary N) is 2. The van der Waals surface area contributed by atoms with Crippen molar-refractivity contribution in [2.75, 3.05) is 23.3 Å². The fourth-order valence-corrected chi connectivity index (χ4v) is 3.33. The molecule has 1 aromatic rings. The van der Waals surface area contributed by atoms with Crippen molar-refractivity contribution >= 4 is 35.2 Å². The van der Waals surface area contributed by atoms with Gasteiger partial charge in [0.25, 0.3) is 0 Å². The Morgan fingerprint density at radius 1 is 1.28 bits per heavy atom. The maximum absolute atomic E-state index is 5.41. The molecule has 2 rings (SSSR count). The van der Waals surface area contributed by atoms with E-state index < -0.39 is 0 Å². The minimum absolute atomic E-state index is 0.512. The van der Waals surface area contributed by atoms with Crippen LogP contribution in [0.25, 0.3) is 0 Å². The lowest BCUT2D eigenvalue weighted by molar-refractivity contribution is 0.747. The predicted octanol–water partition coefficient (Wildman–Crippen LogP) is 2.18. The molecule has 18 heavy (non-hydrogen) atoms. The number of hydrogen-bond acceptors (Lipinski definition) is 7. The lowest BCUT2D eigenvalue weighted by Gasteiger charge is -2.14. The Morgan fingerprint density at radius 3 is 2.67 bits per heavy atom. The third-order valence-electron chi connectivity index (χ3n) is 3.11. The summed E-state index contributed by atoms with van der Waals surface area (Å²) in [6.45, 7) is 0. The van der Waals surface area contributed by atoms with Crippen LogP contribution in [-0.4, -0.2) is 33.8 Å². The highest BCUT2D eigenvalue weighted by Gasteiger charge is 2.24. The number of hydrazine groups is 1. The van der Waals surface area contributed by atoms with Crippen molar-refractivity contribution in [1.29, 1.82) is 0 Å². The first-order chi connectivity index (χ1) is 8.75. The highest BCUT2D eigenvalue weighted by molar-refractivity contribution is 7.99. The summed E-state index contributed by atoms with van der Waals surface area (Å²) in [5.41, 5.74) is 2.58. The molecule has 1 aliphatic carbocycles. The summed E-state index contributed by atoms with van der Waals surface area (Å²) in [7, 11) is 0. The van der Waals surface area contributed by atoms with E-state index >= 15 is 0 Å². The number of thioether (sulfide) groups is 2. The molecule has 0 aromatic carbocycles.